The van der Waals surface area contributed by atoms with Gasteiger partial charge in [0, 0.05) is 4.47 Å². The summed E-state index contributed by atoms with van der Waals surface area (Å²) >= 11 is 14.9. The van der Waals surface area contributed by atoms with Crippen LogP contribution in [0.3, 0.4) is 0 Å². The Morgan fingerprint density at radius 1 is 1.26 bits per heavy atom. The molecule has 0 unspecified atom stereocenters. The van der Waals surface area contributed by atoms with E-state index in [4.69, 9.17) is 23.8 Å². The summed E-state index contributed by atoms with van der Waals surface area (Å²) in [6, 6.07) is 9.92. The van der Waals surface area contributed by atoms with Gasteiger partial charge in [0.15, 0.2) is 4.77 Å². The first-order valence-electron chi connectivity index (χ1n) is 5.42. The third kappa shape index (κ3) is 2.12. The number of hydrogen-bond acceptors (Lipinski definition) is 1. The maximum atomic E-state index is 13.5. The fourth-order valence-corrected chi connectivity index (χ4v) is 2.99. The molecule has 0 atom stereocenters. The first-order chi connectivity index (χ1) is 9.08. The molecular weight excluding hydrogens is 351 g/mol. The van der Waals surface area contributed by atoms with Gasteiger partial charge in [0.1, 0.15) is 5.82 Å². The molecule has 1 heterocycles. The Labute approximate surface area is 127 Å². The standard InChI is InChI=1S/C13H7BrClFN2S/c14-8-5-4-7(16)6-11(8)18-12-9(15)2-1-3-10(12)17-13(18)19/h1-6H,(H,17,19). The monoisotopic (exact) mass is 356 g/mol. The maximum Gasteiger partial charge on any atom is 0.182 e. The molecule has 96 valence electrons. The van der Waals surface area contributed by atoms with E-state index in [-0.39, 0.29) is 5.82 Å². The molecule has 0 aliphatic rings. The molecule has 0 aliphatic heterocycles. The quantitative estimate of drug-likeness (QED) is 0.590. The lowest BCUT2D eigenvalue weighted by molar-refractivity contribution is 0.626. The van der Waals surface area contributed by atoms with Gasteiger partial charge in [-0.1, -0.05) is 17.7 Å². The van der Waals surface area contributed by atoms with Crippen LogP contribution in [0.4, 0.5) is 4.39 Å². The molecule has 1 aromatic heterocycles. The van der Waals surface area contributed by atoms with Crippen molar-refractivity contribution < 1.29 is 4.39 Å². The third-order valence-electron chi connectivity index (χ3n) is 2.80. The summed E-state index contributed by atoms with van der Waals surface area (Å²) in [6.07, 6.45) is 0. The summed E-state index contributed by atoms with van der Waals surface area (Å²) in [5, 5.41) is 0.556. The number of rotatable bonds is 1. The number of H-pyrrole nitrogens is 1. The van der Waals surface area contributed by atoms with E-state index in [2.05, 4.69) is 20.9 Å². The molecule has 6 heteroatoms. The van der Waals surface area contributed by atoms with Gasteiger partial charge in [0.25, 0.3) is 0 Å². The average molecular weight is 358 g/mol. The number of aromatic nitrogens is 2. The Morgan fingerprint density at radius 3 is 2.84 bits per heavy atom. The van der Waals surface area contributed by atoms with Crippen LogP contribution in [0.15, 0.2) is 40.9 Å². The SMILES string of the molecule is Fc1ccc(Br)c(-n2c(=S)[nH]c3cccc(Cl)c32)c1. The fourth-order valence-electron chi connectivity index (χ4n) is 2.00. The topological polar surface area (TPSA) is 20.7 Å². The molecule has 0 fully saturated rings. The molecule has 0 saturated carbocycles. The van der Waals surface area contributed by atoms with E-state index in [0.29, 0.717) is 15.5 Å². The van der Waals surface area contributed by atoms with Crippen LogP contribution in [-0.4, -0.2) is 9.55 Å². The van der Waals surface area contributed by atoms with Crippen molar-refractivity contribution in [2.75, 3.05) is 0 Å². The van der Waals surface area contributed by atoms with E-state index < -0.39 is 0 Å². The number of nitrogens with zero attached hydrogens (tertiary/aromatic N) is 1. The Morgan fingerprint density at radius 2 is 2.05 bits per heavy atom. The normalized spacial score (nSPS) is 11.1. The van der Waals surface area contributed by atoms with Gasteiger partial charge in [-0.25, -0.2) is 4.39 Å². The molecule has 3 rings (SSSR count). The van der Waals surface area contributed by atoms with Crippen LogP contribution in [0.5, 0.6) is 0 Å². The number of halogens is 3. The van der Waals surface area contributed by atoms with Crippen molar-refractivity contribution in [2.45, 2.75) is 0 Å². The van der Waals surface area contributed by atoms with Crippen molar-refractivity contribution in [1.29, 1.82) is 0 Å². The molecular formula is C13H7BrClFN2S. The van der Waals surface area contributed by atoms with Crippen LogP contribution < -0.4 is 0 Å². The molecule has 0 amide bonds. The highest BCUT2D eigenvalue weighted by molar-refractivity contribution is 9.10. The molecule has 1 N–H and O–H groups in total. The van der Waals surface area contributed by atoms with Gasteiger partial charge in [0.2, 0.25) is 0 Å². The molecule has 0 saturated heterocycles. The lowest BCUT2D eigenvalue weighted by Crippen LogP contribution is -1.96. The summed E-state index contributed by atoms with van der Waals surface area (Å²) < 4.78 is 16.4. The maximum absolute atomic E-state index is 13.5. The minimum absolute atomic E-state index is 0.332. The van der Waals surface area contributed by atoms with Crippen molar-refractivity contribution >= 4 is 50.8 Å². The van der Waals surface area contributed by atoms with Gasteiger partial charge < -0.3 is 4.98 Å². The Balaban J connectivity index is 2.46. The molecule has 0 aliphatic carbocycles. The number of nitrogens with one attached hydrogen (secondary N) is 1. The average Bonchev–Trinajstić information content (AvgIpc) is 2.70. The van der Waals surface area contributed by atoms with Crippen LogP contribution in [0, 0.1) is 10.6 Å². The largest absolute Gasteiger partial charge is 0.330 e. The van der Waals surface area contributed by atoms with Crippen molar-refractivity contribution in [3.05, 3.63) is 56.5 Å². The zero-order valence-electron chi connectivity index (χ0n) is 9.45. The molecule has 0 bridgehead atoms. The first kappa shape index (κ1) is 12.8. The van der Waals surface area contributed by atoms with Gasteiger partial charge in [-0.2, -0.15) is 0 Å². The predicted octanol–water partition coefficient (Wildman–Crippen LogP) is 5.24. The lowest BCUT2D eigenvalue weighted by Gasteiger charge is -2.08. The van der Waals surface area contributed by atoms with Crippen LogP contribution in [0.1, 0.15) is 0 Å². The van der Waals surface area contributed by atoms with Gasteiger partial charge in [0.05, 0.1) is 21.7 Å². The van der Waals surface area contributed by atoms with E-state index in [1.807, 2.05) is 12.1 Å². The van der Waals surface area contributed by atoms with Crippen molar-refractivity contribution in [1.82, 2.24) is 9.55 Å². The fraction of sp³-hybridized carbons (Fsp3) is 0. The van der Waals surface area contributed by atoms with E-state index in [1.165, 1.54) is 12.1 Å². The van der Waals surface area contributed by atoms with Crippen molar-refractivity contribution in [2.24, 2.45) is 0 Å². The highest BCUT2D eigenvalue weighted by Gasteiger charge is 2.12. The Bertz CT molecular complexity index is 840. The predicted molar refractivity (Wildman–Crippen MR) is 81.1 cm³/mol. The zero-order chi connectivity index (χ0) is 13.6. The summed E-state index contributed by atoms with van der Waals surface area (Å²) in [5.41, 5.74) is 2.17. The zero-order valence-corrected chi connectivity index (χ0v) is 12.6. The van der Waals surface area contributed by atoms with Gasteiger partial charge in [-0.15, -0.1) is 0 Å². The van der Waals surface area contributed by atoms with E-state index in [9.17, 15) is 4.39 Å². The highest BCUT2D eigenvalue weighted by atomic mass is 79.9. The molecule has 3 aromatic rings. The molecule has 0 spiro atoms. The second kappa shape index (κ2) is 4.74. The van der Waals surface area contributed by atoms with Crippen LogP contribution in [0.25, 0.3) is 16.7 Å². The summed E-state index contributed by atoms with van der Waals surface area (Å²) in [6.45, 7) is 0. The molecule has 2 aromatic carbocycles. The minimum atomic E-state index is -0.332. The lowest BCUT2D eigenvalue weighted by atomic mass is 10.2. The number of hydrogen-bond donors (Lipinski definition) is 1. The summed E-state index contributed by atoms with van der Waals surface area (Å²) in [4.78, 5) is 3.06. The highest BCUT2D eigenvalue weighted by Crippen LogP contribution is 2.30. The van der Waals surface area contributed by atoms with Crippen LogP contribution in [0.2, 0.25) is 5.02 Å². The van der Waals surface area contributed by atoms with E-state index >= 15 is 0 Å². The Kier molecular flexibility index (Phi) is 3.20. The second-order valence-electron chi connectivity index (χ2n) is 4.00. The van der Waals surface area contributed by atoms with Gasteiger partial charge in [-0.3, -0.25) is 4.57 Å². The van der Waals surface area contributed by atoms with Gasteiger partial charge in [-0.05, 0) is 58.5 Å². The number of fused-ring (bicyclic) bond motifs is 1. The smallest absolute Gasteiger partial charge is 0.182 e. The number of aromatic amines is 1. The van der Waals surface area contributed by atoms with E-state index in [0.717, 1.165) is 15.5 Å². The second-order valence-corrected chi connectivity index (χ2v) is 5.65. The number of para-hydroxylation sites is 1. The first-order valence-corrected chi connectivity index (χ1v) is 7.00. The van der Waals surface area contributed by atoms with Crippen molar-refractivity contribution in [3.63, 3.8) is 0 Å². The van der Waals surface area contributed by atoms with E-state index in [1.54, 1.807) is 16.7 Å². The third-order valence-corrected chi connectivity index (χ3v) is 4.06. The molecule has 2 nitrogen and oxygen atoms in total. The van der Waals surface area contributed by atoms with Crippen molar-refractivity contribution in [3.8, 4) is 5.69 Å². The minimum Gasteiger partial charge on any atom is -0.330 e. The van der Waals surface area contributed by atoms with Crippen LogP contribution in [-0.2, 0) is 0 Å². The Hall–Kier alpha value is -1.17. The molecule has 0 radical (unpaired) electrons. The number of imidazole rings is 1. The van der Waals surface area contributed by atoms with Crippen LogP contribution >= 0.6 is 39.7 Å². The summed E-state index contributed by atoms with van der Waals surface area (Å²) in [7, 11) is 0. The number of benzene rings is 2. The molecule has 19 heavy (non-hydrogen) atoms. The summed E-state index contributed by atoms with van der Waals surface area (Å²) in [5.74, 6) is -0.332. The van der Waals surface area contributed by atoms with Gasteiger partial charge >= 0.3 is 0 Å².